The average Bonchev–Trinajstić information content (AvgIpc) is 1.94. The van der Waals surface area contributed by atoms with Gasteiger partial charge >= 0.3 is 0 Å². The predicted molar refractivity (Wildman–Crippen MR) is 58.6 cm³/mol. The second-order valence-corrected chi connectivity index (χ2v) is 4.01. The van der Waals surface area contributed by atoms with Gasteiger partial charge in [-0.25, -0.2) is 0 Å². The molecule has 0 aromatic heterocycles. The molecule has 0 rings (SSSR count). The summed E-state index contributed by atoms with van der Waals surface area (Å²) in [5, 5.41) is 0. The maximum atomic E-state index is 13.2. The Bertz CT molecular complexity index is 263. The molecule has 0 aliphatic heterocycles. The van der Waals surface area contributed by atoms with Gasteiger partial charge in [-0.3, -0.25) is 0 Å². The van der Waals surface area contributed by atoms with Gasteiger partial charge in [-0.15, -0.1) is 0 Å². The van der Waals surface area contributed by atoms with E-state index in [4.69, 9.17) is 4.74 Å². The molecule has 0 bridgehead atoms. The number of allylic oxidation sites excluding steroid dienone is 4. The van der Waals surface area contributed by atoms with Crippen molar-refractivity contribution in [1.82, 2.24) is 0 Å². The van der Waals surface area contributed by atoms with Crippen molar-refractivity contribution in [2.45, 2.75) is 40.5 Å². The van der Waals surface area contributed by atoms with E-state index in [0.29, 0.717) is 5.76 Å². The predicted octanol–water partition coefficient (Wildman–Crippen LogP) is 4.13. The second-order valence-electron chi connectivity index (χ2n) is 4.01. The van der Waals surface area contributed by atoms with Crippen LogP contribution < -0.4 is 0 Å². The van der Waals surface area contributed by atoms with Gasteiger partial charge in [0.25, 0.3) is 0 Å². The summed E-state index contributed by atoms with van der Waals surface area (Å²) in [6.07, 6.45) is 3.53. The van der Waals surface area contributed by atoms with Crippen LogP contribution in [0.4, 0.5) is 4.39 Å². The maximum absolute atomic E-state index is 13.2. The lowest BCUT2D eigenvalue weighted by atomic mass is 10.2. The van der Waals surface area contributed by atoms with Crippen LogP contribution in [0.2, 0.25) is 0 Å². The van der Waals surface area contributed by atoms with Crippen LogP contribution in [-0.2, 0) is 4.74 Å². The van der Waals surface area contributed by atoms with Gasteiger partial charge in [-0.05, 0) is 32.4 Å². The van der Waals surface area contributed by atoms with Crippen LogP contribution in [0.5, 0.6) is 0 Å². The summed E-state index contributed by atoms with van der Waals surface area (Å²) in [5.74, 6) is -1.09. The zero-order valence-electron chi connectivity index (χ0n) is 9.65. The molecule has 0 saturated heterocycles. The third-order valence-electron chi connectivity index (χ3n) is 1.36. The number of halogens is 1. The molecule has 14 heavy (non-hydrogen) atoms. The van der Waals surface area contributed by atoms with E-state index in [1.54, 1.807) is 12.2 Å². The van der Waals surface area contributed by atoms with Crippen molar-refractivity contribution < 1.29 is 9.13 Å². The molecule has 0 aliphatic carbocycles. The Morgan fingerprint density at radius 2 is 1.71 bits per heavy atom. The lowest BCUT2D eigenvalue weighted by Crippen LogP contribution is -2.16. The molecule has 0 aromatic rings. The van der Waals surface area contributed by atoms with E-state index >= 15 is 0 Å². The van der Waals surface area contributed by atoms with Gasteiger partial charge in [0.2, 0.25) is 5.85 Å². The Morgan fingerprint density at radius 1 is 1.21 bits per heavy atom. The molecule has 80 valence electrons. The molecule has 0 fully saturated rings. The van der Waals surface area contributed by atoms with E-state index in [1.165, 1.54) is 13.8 Å². The first-order chi connectivity index (χ1) is 6.22. The molecule has 1 nitrogen and oxygen atoms in total. The zero-order valence-corrected chi connectivity index (χ0v) is 9.65. The number of ether oxygens (including phenoxy) is 1. The van der Waals surface area contributed by atoms with Gasteiger partial charge in [-0.2, -0.15) is 4.39 Å². The summed E-state index contributed by atoms with van der Waals surface area (Å²) < 4.78 is 18.3. The van der Waals surface area contributed by atoms with Crippen molar-refractivity contribution in [2.24, 2.45) is 0 Å². The van der Waals surface area contributed by atoms with Crippen LogP contribution in [-0.4, -0.2) is 5.85 Å². The molecule has 0 amide bonds. The Morgan fingerprint density at radius 3 is 2.00 bits per heavy atom. The highest BCUT2D eigenvalue weighted by Gasteiger charge is 2.17. The van der Waals surface area contributed by atoms with Gasteiger partial charge < -0.3 is 4.74 Å². The highest BCUT2D eigenvalue weighted by Crippen LogP contribution is 2.19. The molecular formula is C12H19FO. The van der Waals surface area contributed by atoms with Crippen molar-refractivity contribution in [3.63, 3.8) is 0 Å². The summed E-state index contributed by atoms with van der Waals surface area (Å²) in [6.45, 7) is 12.1. The normalized spacial score (nSPS) is 11.6. The lowest BCUT2D eigenvalue weighted by Gasteiger charge is -2.19. The van der Waals surface area contributed by atoms with E-state index in [2.05, 4.69) is 6.58 Å². The van der Waals surface area contributed by atoms with Crippen molar-refractivity contribution >= 4 is 0 Å². The highest BCUT2D eigenvalue weighted by atomic mass is 19.2. The van der Waals surface area contributed by atoms with Crippen LogP contribution in [0.15, 0.2) is 35.6 Å². The number of rotatable bonds is 4. The Hall–Kier alpha value is -1.05. The van der Waals surface area contributed by atoms with E-state index < -0.39 is 5.85 Å². The fraction of sp³-hybridized carbons (Fsp3) is 0.500. The monoisotopic (exact) mass is 198 g/mol. The minimum Gasteiger partial charge on any atom is -0.459 e. The minimum absolute atomic E-state index is 0.556. The molecular weight excluding hydrogens is 179 g/mol. The van der Waals surface area contributed by atoms with E-state index in [0.717, 1.165) is 11.1 Å². The largest absolute Gasteiger partial charge is 0.459 e. The summed E-state index contributed by atoms with van der Waals surface area (Å²) in [4.78, 5) is 0. The zero-order chi connectivity index (χ0) is 11.4. The second kappa shape index (κ2) is 4.99. The van der Waals surface area contributed by atoms with Crippen LogP contribution >= 0.6 is 0 Å². The Labute approximate surface area is 86.0 Å². The van der Waals surface area contributed by atoms with Crippen molar-refractivity contribution in [3.8, 4) is 0 Å². The van der Waals surface area contributed by atoms with Crippen LogP contribution in [0, 0.1) is 0 Å². The number of hydrogen-bond acceptors (Lipinski definition) is 1. The Balaban J connectivity index is 4.67. The molecule has 0 unspecified atom stereocenters. The molecule has 0 aromatic carbocycles. The standard InChI is InChI=1S/C12H19FO/c1-9(2)7-8-11(10(3)4)14-12(5,6)13/h7-8H,1H2,2-6H3. The third kappa shape index (κ3) is 6.46. The molecule has 2 heteroatoms. The summed E-state index contributed by atoms with van der Waals surface area (Å²) in [6, 6.07) is 0. The summed E-state index contributed by atoms with van der Waals surface area (Å²) in [7, 11) is 0. The first kappa shape index (κ1) is 12.9. The van der Waals surface area contributed by atoms with E-state index in [-0.39, 0.29) is 0 Å². The Kier molecular flexibility index (Phi) is 4.61. The molecule has 0 atom stereocenters. The van der Waals surface area contributed by atoms with E-state index in [9.17, 15) is 4.39 Å². The lowest BCUT2D eigenvalue weighted by molar-refractivity contribution is -0.0753. The number of hydrogen-bond donors (Lipinski definition) is 0. The highest BCUT2D eigenvalue weighted by molar-refractivity contribution is 5.24. The smallest absolute Gasteiger partial charge is 0.242 e. The van der Waals surface area contributed by atoms with Gasteiger partial charge in [0.15, 0.2) is 0 Å². The van der Waals surface area contributed by atoms with Gasteiger partial charge in [-0.1, -0.05) is 18.2 Å². The topological polar surface area (TPSA) is 9.23 Å². The van der Waals surface area contributed by atoms with Crippen LogP contribution in [0.1, 0.15) is 34.6 Å². The van der Waals surface area contributed by atoms with Crippen molar-refractivity contribution in [1.29, 1.82) is 0 Å². The summed E-state index contributed by atoms with van der Waals surface area (Å²) in [5.41, 5.74) is 1.84. The first-order valence-corrected chi connectivity index (χ1v) is 4.61. The summed E-state index contributed by atoms with van der Waals surface area (Å²) >= 11 is 0. The SMILES string of the molecule is C=C(C)C=CC(OC(C)(C)F)=C(C)C. The third-order valence-corrected chi connectivity index (χ3v) is 1.36. The average molecular weight is 198 g/mol. The van der Waals surface area contributed by atoms with Crippen LogP contribution in [0.25, 0.3) is 0 Å². The fourth-order valence-corrected chi connectivity index (χ4v) is 0.782. The molecule has 0 radical (unpaired) electrons. The molecule has 0 N–H and O–H groups in total. The molecule has 0 saturated carbocycles. The number of alkyl halides is 1. The molecule has 0 spiro atoms. The van der Waals surface area contributed by atoms with Crippen molar-refractivity contribution in [2.75, 3.05) is 0 Å². The fourth-order valence-electron chi connectivity index (χ4n) is 0.782. The van der Waals surface area contributed by atoms with Gasteiger partial charge in [0, 0.05) is 13.8 Å². The van der Waals surface area contributed by atoms with E-state index in [1.807, 2.05) is 20.8 Å². The van der Waals surface area contributed by atoms with Crippen molar-refractivity contribution in [3.05, 3.63) is 35.6 Å². The molecule has 0 heterocycles. The first-order valence-electron chi connectivity index (χ1n) is 4.61. The van der Waals surface area contributed by atoms with Crippen LogP contribution in [0.3, 0.4) is 0 Å². The molecule has 0 aliphatic rings. The van der Waals surface area contributed by atoms with Gasteiger partial charge in [0.1, 0.15) is 5.76 Å². The maximum Gasteiger partial charge on any atom is 0.242 e. The minimum atomic E-state index is -1.65. The van der Waals surface area contributed by atoms with Gasteiger partial charge in [0.05, 0.1) is 0 Å². The quantitative estimate of drug-likeness (QED) is 0.487.